The second kappa shape index (κ2) is 9.74. The highest BCUT2D eigenvalue weighted by Gasteiger charge is 2.28. The van der Waals surface area contributed by atoms with Gasteiger partial charge in [-0.25, -0.2) is 4.79 Å². The van der Waals surface area contributed by atoms with Gasteiger partial charge in [-0.05, 0) is 88.4 Å². The minimum absolute atomic E-state index is 0.131. The number of likely N-dealkylation sites (tertiary alicyclic amines) is 1. The van der Waals surface area contributed by atoms with Crippen LogP contribution in [0.5, 0.6) is 5.95 Å². The zero-order valence-corrected chi connectivity index (χ0v) is 20.7. The second-order valence-electron chi connectivity index (χ2n) is 10.0. The maximum absolute atomic E-state index is 12.5. The van der Waals surface area contributed by atoms with Crippen LogP contribution in [-0.2, 0) is 0 Å². The Morgan fingerprint density at radius 3 is 2.74 bits per heavy atom. The number of carbonyl (C=O) groups is 1. The number of carbonyl (C=O) groups excluding carboxylic acids is 1. The van der Waals surface area contributed by atoms with E-state index in [0.29, 0.717) is 28.6 Å². The molecule has 5 rings (SSSR count). The van der Waals surface area contributed by atoms with Crippen molar-refractivity contribution in [2.45, 2.75) is 46.1 Å². The van der Waals surface area contributed by atoms with Crippen molar-refractivity contribution < 1.29 is 13.9 Å². The first kappa shape index (κ1) is 23.4. The molecule has 2 aliphatic rings. The predicted molar refractivity (Wildman–Crippen MR) is 139 cm³/mol. The molecule has 2 atom stereocenters. The van der Waals surface area contributed by atoms with Gasteiger partial charge in [0.05, 0.1) is 11.5 Å². The molecule has 2 saturated heterocycles. The number of benzene rings is 2. The summed E-state index contributed by atoms with van der Waals surface area (Å²) in [5.74, 6) is 0.567. The van der Waals surface area contributed by atoms with Crippen molar-refractivity contribution in [3.63, 3.8) is 0 Å². The number of amides is 1. The van der Waals surface area contributed by atoms with Crippen molar-refractivity contribution in [3.05, 3.63) is 63.8 Å². The van der Waals surface area contributed by atoms with Crippen LogP contribution in [-0.4, -0.2) is 43.2 Å². The summed E-state index contributed by atoms with van der Waals surface area (Å²) in [5, 5.41) is 3.23. The molecular formula is C28H33N3O4. The van der Waals surface area contributed by atoms with Crippen LogP contribution in [0.1, 0.15) is 37.3 Å². The summed E-state index contributed by atoms with van der Waals surface area (Å²) in [4.78, 5) is 29.9. The average molecular weight is 476 g/mol. The van der Waals surface area contributed by atoms with Crippen molar-refractivity contribution in [1.29, 1.82) is 0 Å². The Balaban J connectivity index is 1.21. The lowest BCUT2D eigenvalue weighted by atomic mass is 10.1. The topological polar surface area (TPSA) is 75.0 Å². The minimum Gasteiger partial charge on any atom is -0.425 e. The van der Waals surface area contributed by atoms with Gasteiger partial charge in [0, 0.05) is 37.1 Å². The van der Waals surface area contributed by atoms with Crippen LogP contribution in [0.4, 0.5) is 16.2 Å². The SMILES string of the molecule is Cc1ccc2oc(OC(=O)Nc3ccc(N4CCC(CN5CCCC5C)C4)cc3C)cc(=O)c2c1. The Morgan fingerprint density at radius 1 is 1.11 bits per heavy atom. The Morgan fingerprint density at radius 2 is 1.97 bits per heavy atom. The van der Waals surface area contributed by atoms with Gasteiger partial charge < -0.3 is 19.0 Å². The van der Waals surface area contributed by atoms with E-state index in [1.165, 1.54) is 44.1 Å². The Hall–Kier alpha value is -3.32. The molecule has 2 unspecified atom stereocenters. The second-order valence-corrected chi connectivity index (χ2v) is 10.0. The fourth-order valence-corrected chi connectivity index (χ4v) is 5.32. The molecule has 7 nitrogen and oxygen atoms in total. The van der Waals surface area contributed by atoms with E-state index in [9.17, 15) is 9.59 Å². The van der Waals surface area contributed by atoms with Gasteiger partial charge >= 0.3 is 6.09 Å². The quantitative estimate of drug-likeness (QED) is 0.538. The van der Waals surface area contributed by atoms with E-state index in [0.717, 1.165) is 24.2 Å². The molecule has 0 radical (unpaired) electrons. The molecule has 7 heteroatoms. The summed E-state index contributed by atoms with van der Waals surface area (Å²) < 4.78 is 10.9. The van der Waals surface area contributed by atoms with Crippen molar-refractivity contribution in [3.8, 4) is 5.95 Å². The maximum Gasteiger partial charge on any atom is 0.419 e. The van der Waals surface area contributed by atoms with Crippen LogP contribution in [0.15, 0.2) is 51.7 Å². The smallest absolute Gasteiger partial charge is 0.419 e. The summed E-state index contributed by atoms with van der Waals surface area (Å²) in [6, 6.07) is 13.3. The van der Waals surface area contributed by atoms with Crippen molar-refractivity contribution in [2.75, 3.05) is 36.4 Å². The van der Waals surface area contributed by atoms with E-state index in [2.05, 4.69) is 28.1 Å². The Kier molecular flexibility index (Phi) is 6.52. The third-order valence-electron chi connectivity index (χ3n) is 7.33. The van der Waals surface area contributed by atoms with Crippen LogP contribution in [0.2, 0.25) is 0 Å². The van der Waals surface area contributed by atoms with Crippen LogP contribution in [0.25, 0.3) is 11.0 Å². The normalized spacial score (nSPS) is 20.5. The summed E-state index contributed by atoms with van der Waals surface area (Å²) in [7, 11) is 0. The third-order valence-corrected chi connectivity index (χ3v) is 7.33. The molecule has 2 fully saturated rings. The summed E-state index contributed by atoms with van der Waals surface area (Å²) in [6.07, 6.45) is 3.15. The number of ether oxygens (including phenoxy) is 1. The average Bonchev–Trinajstić information content (AvgIpc) is 3.45. The number of aryl methyl sites for hydroxylation is 2. The highest BCUT2D eigenvalue weighted by molar-refractivity contribution is 5.87. The van der Waals surface area contributed by atoms with Gasteiger partial charge in [0.15, 0.2) is 5.43 Å². The molecular weight excluding hydrogens is 442 g/mol. The molecule has 3 aromatic rings. The molecule has 2 aliphatic heterocycles. The molecule has 1 aromatic heterocycles. The number of anilines is 2. The third kappa shape index (κ3) is 5.20. The van der Waals surface area contributed by atoms with E-state index >= 15 is 0 Å². The molecule has 0 spiro atoms. The number of nitrogens with zero attached hydrogens (tertiary/aromatic N) is 2. The zero-order valence-electron chi connectivity index (χ0n) is 20.7. The summed E-state index contributed by atoms with van der Waals surface area (Å²) in [6.45, 7) is 10.8. The lowest BCUT2D eigenvalue weighted by molar-refractivity contribution is 0.202. The molecule has 0 aliphatic carbocycles. The lowest BCUT2D eigenvalue weighted by Crippen LogP contribution is -2.33. The summed E-state index contributed by atoms with van der Waals surface area (Å²) >= 11 is 0. The number of rotatable bonds is 5. The van der Waals surface area contributed by atoms with E-state index in [1.807, 2.05) is 32.0 Å². The van der Waals surface area contributed by atoms with E-state index in [-0.39, 0.29) is 11.4 Å². The standard InChI is InChI=1S/C28H33N3O4/c1-18-6-9-26-23(13-18)25(32)15-27(34-26)35-28(33)29-24-8-7-22(14-19(24)2)31-12-10-21(17-31)16-30-11-4-5-20(30)3/h6-9,13-15,20-21H,4-5,10-12,16-17H2,1-3H3,(H,29,33). The van der Waals surface area contributed by atoms with E-state index < -0.39 is 6.09 Å². The van der Waals surface area contributed by atoms with E-state index in [1.54, 1.807) is 12.1 Å². The first-order chi connectivity index (χ1) is 16.9. The van der Waals surface area contributed by atoms with Crippen LogP contribution in [0.3, 0.4) is 0 Å². The molecule has 1 amide bonds. The van der Waals surface area contributed by atoms with Gasteiger partial charge in [0.25, 0.3) is 5.95 Å². The predicted octanol–water partition coefficient (Wildman–Crippen LogP) is 5.33. The Labute approximate surface area is 205 Å². The monoisotopic (exact) mass is 475 g/mol. The first-order valence-corrected chi connectivity index (χ1v) is 12.5. The molecule has 2 aromatic carbocycles. The largest absolute Gasteiger partial charge is 0.425 e. The zero-order chi connectivity index (χ0) is 24.5. The van der Waals surface area contributed by atoms with Gasteiger partial charge in [-0.1, -0.05) is 11.6 Å². The van der Waals surface area contributed by atoms with Gasteiger partial charge in [-0.2, -0.15) is 0 Å². The van der Waals surface area contributed by atoms with Crippen molar-refractivity contribution >= 4 is 28.4 Å². The van der Waals surface area contributed by atoms with Gasteiger partial charge in [-0.3, -0.25) is 10.1 Å². The minimum atomic E-state index is -0.698. The molecule has 0 saturated carbocycles. The molecule has 184 valence electrons. The Bertz CT molecular complexity index is 1300. The number of hydrogen-bond acceptors (Lipinski definition) is 6. The number of nitrogens with one attached hydrogen (secondary N) is 1. The van der Waals surface area contributed by atoms with Crippen molar-refractivity contribution in [2.24, 2.45) is 5.92 Å². The molecule has 1 N–H and O–H groups in total. The van der Waals surface area contributed by atoms with Gasteiger partial charge in [-0.15, -0.1) is 0 Å². The fourth-order valence-electron chi connectivity index (χ4n) is 5.32. The van der Waals surface area contributed by atoms with Crippen LogP contribution >= 0.6 is 0 Å². The number of fused-ring (bicyclic) bond motifs is 1. The van der Waals surface area contributed by atoms with Crippen LogP contribution in [0, 0.1) is 19.8 Å². The maximum atomic E-state index is 12.5. The van der Waals surface area contributed by atoms with Gasteiger partial charge in [0.1, 0.15) is 5.58 Å². The molecule has 35 heavy (non-hydrogen) atoms. The van der Waals surface area contributed by atoms with Crippen LogP contribution < -0.4 is 20.4 Å². The van der Waals surface area contributed by atoms with Gasteiger partial charge in [0.2, 0.25) is 0 Å². The summed E-state index contributed by atoms with van der Waals surface area (Å²) in [5.41, 5.74) is 3.89. The van der Waals surface area contributed by atoms with Crippen molar-refractivity contribution in [1.82, 2.24) is 4.90 Å². The fraction of sp³-hybridized carbons (Fsp3) is 0.429. The highest BCUT2D eigenvalue weighted by atomic mass is 16.6. The van der Waals surface area contributed by atoms with E-state index in [4.69, 9.17) is 9.15 Å². The lowest BCUT2D eigenvalue weighted by Gasteiger charge is -2.25. The number of hydrogen-bond donors (Lipinski definition) is 1. The molecule has 3 heterocycles. The first-order valence-electron chi connectivity index (χ1n) is 12.5. The molecule has 0 bridgehead atoms. The highest BCUT2D eigenvalue weighted by Crippen LogP contribution is 2.29.